The predicted octanol–water partition coefficient (Wildman–Crippen LogP) is 1.88. The van der Waals surface area contributed by atoms with Crippen LogP contribution >= 0.6 is 0 Å². The van der Waals surface area contributed by atoms with Gasteiger partial charge in [0.15, 0.2) is 0 Å². The summed E-state index contributed by atoms with van der Waals surface area (Å²) in [7, 11) is 0. The number of rotatable bonds is 5. The first-order valence-corrected chi connectivity index (χ1v) is 6.93. The standard InChI is InChI=1S/C15H19NO5/c17-12(15(13(18)19)8-4-5-9-15)16-14(20)21-10-11-6-2-1-3-7-11/h1-3,6-7,12,17H,4-5,8-10H2,(H,16,20)(H,18,19). The summed E-state index contributed by atoms with van der Waals surface area (Å²) in [4.78, 5) is 23.0. The molecule has 0 radical (unpaired) electrons. The maximum Gasteiger partial charge on any atom is 0.409 e. The fraction of sp³-hybridized carbons (Fsp3) is 0.467. The van der Waals surface area contributed by atoms with Gasteiger partial charge < -0.3 is 14.9 Å². The van der Waals surface area contributed by atoms with Crippen LogP contribution in [0.1, 0.15) is 31.2 Å². The van der Waals surface area contributed by atoms with Crippen LogP contribution in [0, 0.1) is 5.41 Å². The number of carboxylic acid groups (broad SMARTS) is 1. The second-order valence-electron chi connectivity index (χ2n) is 5.28. The van der Waals surface area contributed by atoms with Crippen LogP contribution in [0.3, 0.4) is 0 Å². The number of alkyl carbamates (subject to hydrolysis) is 1. The number of hydrogen-bond acceptors (Lipinski definition) is 4. The van der Waals surface area contributed by atoms with E-state index in [4.69, 9.17) is 4.74 Å². The highest BCUT2D eigenvalue weighted by Crippen LogP contribution is 2.40. The largest absolute Gasteiger partial charge is 0.481 e. The van der Waals surface area contributed by atoms with Crippen molar-refractivity contribution >= 4 is 12.1 Å². The Hall–Kier alpha value is -2.08. The molecule has 1 fully saturated rings. The van der Waals surface area contributed by atoms with E-state index in [1.54, 1.807) is 12.1 Å². The highest BCUT2D eigenvalue weighted by molar-refractivity contribution is 5.77. The van der Waals surface area contributed by atoms with Crippen LogP contribution in [0.25, 0.3) is 0 Å². The van der Waals surface area contributed by atoms with Crippen molar-refractivity contribution in [1.82, 2.24) is 5.32 Å². The number of carboxylic acids is 1. The van der Waals surface area contributed by atoms with Gasteiger partial charge in [0.2, 0.25) is 0 Å². The summed E-state index contributed by atoms with van der Waals surface area (Å²) in [5.74, 6) is -1.09. The van der Waals surface area contributed by atoms with Crippen LogP contribution in [0.5, 0.6) is 0 Å². The van der Waals surface area contributed by atoms with Gasteiger partial charge in [0.05, 0.1) is 0 Å². The van der Waals surface area contributed by atoms with E-state index in [0.717, 1.165) is 18.4 Å². The van der Waals surface area contributed by atoms with Crippen molar-refractivity contribution in [2.75, 3.05) is 0 Å². The number of aliphatic hydroxyl groups excluding tert-OH is 1. The fourth-order valence-corrected chi connectivity index (χ4v) is 2.62. The van der Waals surface area contributed by atoms with Crippen molar-refractivity contribution < 1.29 is 24.5 Å². The molecule has 6 heteroatoms. The van der Waals surface area contributed by atoms with Crippen LogP contribution in [0.2, 0.25) is 0 Å². The van der Waals surface area contributed by atoms with Crippen LogP contribution in [0.4, 0.5) is 4.79 Å². The SMILES string of the molecule is O=C(NC(O)C1(C(=O)O)CCCC1)OCc1ccccc1. The summed E-state index contributed by atoms with van der Waals surface area (Å²) in [6.45, 7) is 0.0689. The van der Waals surface area contributed by atoms with Crippen LogP contribution in [-0.4, -0.2) is 28.5 Å². The second-order valence-corrected chi connectivity index (χ2v) is 5.28. The lowest BCUT2D eigenvalue weighted by atomic mass is 9.84. The van der Waals surface area contributed by atoms with E-state index in [9.17, 15) is 19.8 Å². The maximum atomic E-state index is 11.7. The van der Waals surface area contributed by atoms with Gasteiger partial charge in [-0.15, -0.1) is 0 Å². The Morgan fingerprint density at radius 1 is 1.24 bits per heavy atom. The highest BCUT2D eigenvalue weighted by atomic mass is 16.6. The number of carbonyl (C=O) groups is 2. The van der Waals surface area contributed by atoms with Crippen LogP contribution in [-0.2, 0) is 16.1 Å². The monoisotopic (exact) mass is 293 g/mol. The quantitative estimate of drug-likeness (QED) is 0.720. The van der Waals surface area contributed by atoms with Gasteiger partial charge in [-0.05, 0) is 18.4 Å². The number of aliphatic hydroxyl groups is 1. The molecule has 1 aliphatic carbocycles. The Labute approximate surface area is 122 Å². The minimum absolute atomic E-state index is 0.0689. The van der Waals surface area contributed by atoms with Crippen LogP contribution < -0.4 is 5.32 Å². The molecule has 1 amide bonds. The zero-order valence-corrected chi connectivity index (χ0v) is 11.6. The summed E-state index contributed by atoms with van der Waals surface area (Å²) in [5, 5.41) is 21.6. The molecule has 0 aliphatic heterocycles. The van der Waals surface area contributed by atoms with Crippen molar-refractivity contribution in [3.8, 4) is 0 Å². The fourth-order valence-electron chi connectivity index (χ4n) is 2.62. The van der Waals surface area contributed by atoms with E-state index in [2.05, 4.69) is 5.32 Å². The maximum absolute atomic E-state index is 11.7. The third-order valence-corrected chi connectivity index (χ3v) is 3.91. The van der Waals surface area contributed by atoms with Gasteiger partial charge in [-0.2, -0.15) is 0 Å². The Morgan fingerprint density at radius 2 is 1.86 bits per heavy atom. The molecule has 1 aliphatic rings. The number of aliphatic carboxylic acids is 1. The first-order valence-electron chi connectivity index (χ1n) is 6.93. The Kier molecular flexibility index (Phi) is 4.80. The molecule has 0 bridgehead atoms. The Morgan fingerprint density at radius 3 is 2.43 bits per heavy atom. The van der Waals surface area contributed by atoms with E-state index >= 15 is 0 Å². The molecule has 0 spiro atoms. The summed E-state index contributed by atoms with van der Waals surface area (Å²) in [6.07, 6.45) is -0.112. The normalized spacial score (nSPS) is 18.0. The third-order valence-electron chi connectivity index (χ3n) is 3.91. The molecule has 0 saturated heterocycles. The number of carbonyl (C=O) groups excluding carboxylic acids is 1. The van der Waals surface area contributed by atoms with Gasteiger partial charge in [0, 0.05) is 0 Å². The van der Waals surface area contributed by atoms with Gasteiger partial charge in [-0.1, -0.05) is 43.2 Å². The minimum Gasteiger partial charge on any atom is -0.481 e. The summed E-state index contributed by atoms with van der Waals surface area (Å²) in [5.41, 5.74) is -0.484. The molecule has 1 aromatic carbocycles. The lowest BCUT2D eigenvalue weighted by molar-refractivity contribution is -0.157. The molecular formula is C15H19NO5. The van der Waals surface area contributed by atoms with Gasteiger partial charge >= 0.3 is 12.1 Å². The average molecular weight is 293 g/mol. The van der Waals surface area contributed by atoms with Crippen molar-refractivity contribution in [2.45, 2.75) is 38.5 Å². The van der Waals surface area contributed by atoms with Crippen molar-refractivity contribution in [3.05, 3.63) is 35.9 Å². The van der Waals surface area contributed by atoms with E-state index in [1.807, 2.05) is 18.2 Å². The molecule has 6 nitrogen and oxygen atoms in total. The molecule has 1 saturated carbocycles. The van der Waals surface area contributed by atoms with Crippen molar-refractivity contribution in [3.63, 3.8) is 0 Å². The Balaban J connectivity index is 1.88. The molecule has 114 valence electrons. The first-order chi connectivity index (χ1) is 10.0. The number of amides is 1. The molecule has 0 heterocycles. The molecule has 2 rings (SSSR count). The number of benzene rings is 1. The molecule has 1 atom stereocenters. The summed E-state index contributed by atoms with van der Waals surface area (Å²) >= 11 is 0. The molecule has 21 heavy (non-hydrogen) atoms. The molecule has 1 aromatic rings. The third kappa shape index (κ3) is 3.52. The van der Waals surface area contributed by atoms with E-state index in [1.165, 1.54) is 0 Å². The Bertz CT molecular complexity index is 496. The number of ether oxygens (including phenoxy) is 1. The van der Waals surface area contributed by atoms with Crippen molar-refractivity contribution in [1.29, 1.82) is 0 Å². The van der Waals surface area contributed by atoms with E-state index in [-0.39, 0.29) is 6.61 Å². The predicted molar refractivity (Wildman–Crippen MR) is 74.3 cm³/mol. The summed E-state index contributed by atoms with van der Waals surface area (Å²) < 4.78 is 4.98. The van der Waals surface area contributed by atoms with E-state index in [0.29, 0.717) is 12.8 Å². The number of nitrogens with one attached hydrogen (secondary N) is 1. The lowest BCUT2D eigenvalue weighted by Crippen LogP contribution is -2.50. The summed E-state index contributed by atoms with van der Waals surface area (Å²) in [6, 6.07) is 9.11. The van der Waals surface area contributed by atoms with Crippen molar-refractivity contribution in [2.24, 2.45) is 5.41 Å². The topological polar surface area (TPSA) is 95.9 Å². The van der Waals surface area contributed by atoms with Gasteiger partial charge in [-0.3, -0.25) is 10.1 Å². The molecular weight excluding hydrogens is 274 g/mol. The highest BCUT2D eigenvalue weighted by Gasteiger charge is 2.48. The zero-order chi connectivity index (χ0) is 15.3. The van der Waals surface area contributed by atoms with E-state index < -0.39 is 23.7 Å². The minimum atomic E-state index is -1.44. The number of hydrogen-bond donors (Lipinski definition) is 3. The first kappa shape index (κ1) is 15.3. The average Bonchev–Trinajstić information content (AvgIpc) is 2.97. The van der Waals surface area contributed by atoms with Gasteiger partial charge in [0.1, 0.15) is 18.2 Å². The second kappa shape index (κ2) is 6.58. The van der Waals surface area contributed by atoms with Gasteiger partial charge in [0.25, 0.3) is 0 Å². The molecule has 3 N–H and O–H groups in total. The molecule has 0 aromatic heterocycles. The molecule has 1 unspecified atom stereocenters. The van der Waals surface area contributed by atoms with Crippen LogP contribution in [0.15, 0.2) is 30.3 Å². The van der Waals surface area contributed by atoms with Gasteiger partial charge in [-0.25, -0.2) is 4.79 Å². The smallest absolute Gasteiger partial charge is 0.409 e. The lowest BCUT2D eigenvalue weighted by Gasteiger charge is -2.29. The zero-order valence-electron chi connectivity index (χ0n) is 11.6.